The second-order valence-corrected chi connectivity index (χ2v) is 10.5. The average molecular weight is 511 g/mol. The first-order valence-corrected chi connectivity index (χ1v) is 13.3. The molecule has 9 nitrogen and oxygen atoms in total. The van der Waals surface area contributed by atoms with Crippen LogP contribution in [0.4, 0.5) is 5.82 Å². The molecule has 1 fully saturated rings. The average Bonchev–Trinajstić information content (AvgIpc) is 3.54. The molecule has 1 atom stereocenters. The van der Waals surface area contributed by atoms with Gasteiger partial charge in [-0.1, -0.05) is 30.3 Å². The molecule has 2 aliphatic rings. The number of aromatic nitrogens is 1. The Morgan fingerprint density at radius 2 is 1.89 bits per heavy atom. The van der Waals surface area contributed by atoms with E-state index in [0.717, 1.165) is 30.2 Å². The Hall–Kier alpha value is -3.63. The molecule has 1 aliphatic carbocycles. The van der Waals surface area contributed by atoms with E-state index in [2.05, 4.69) is 10.3 Å². The lowest BCUT2D eigenvalue weighted by Crippen LogP contribution is -2.28. The van der Waals surface area contributed by atoms with Crippen molar-refractivity contribution in [2.75, 3.05) is 25.5 Å². The van der Waals surface area contributed by atoms with Crippen molar-refractivity contribution < 1.29 is 31.6 Å². The van der Waals surface area contributed by atoms with Gasteiger partial charge in [-0.25, -0.2) is 4.98 Å². The molecule has 5 rings (SSSR count). The molecular weight excluding hydrogens is 484 g/mol. The third kappa shape index (κ3) is 5.00. The summed E-state index contributed by atoms with van der Waals surface area (Å²) in [6.07, 6.45) is 3.42. The standard InChI is InChI=1S/C26H26N2O7S/c1-32-20-6-4-3-5-17(20)13-22(35-36(2,30)31)18-7-10-24(27-15-18)28-25(29)26(11-12-26)19-8-9-21-23(14-19)34-16-33-21/h3-10,14-15,22H,11-13,16H2,1-2H3,(H,27,28,29). The van der Waals surface area contributed by atoms with Crippen LogP contribution in [-0.2, 0) is 30.9 Å². The molecule has 1 aliphatic heterocycles. The maximum absolute atomic E-state index is 13.2. The topological polar surface area (TPSA) is 113 Å². The predicted molar refractivity (Wildman–Crippen MR) is 132 cm³/mol. The predicted octanol–water partition coefficient (Wildman–Crippen LogP) is 3.75. The van der Waals surface area contributed by atoms with E-state index in [0.29, 0.717) is 28.6 Å². The molecule has 36 heavy (non-hydrogen) atoms. The number of methoxy groups -OCH3 is 1. The second-order valence-electron chi connectivity index (χ2n) is 8.89. The number of amides is 1. The lowest BCUT2D eigenvalue weighted by Gasteiger charge is -2.19. The van der Waals surface area contributed by atoms with Gasteiger partial charge in [0.2, 0.25) is 12.7 Å². The van der Waals surface area contributed by atoms with Crippen molar-refractivity contribution in [2.24, 2.45) is 0 Å². The summed E-state index contributed by atoms with van der Waals surface area (Å²) in [7, 11) is -2.19. The third-order valence-corrected chi connectivity index (χ3v) is 6.98. The van der Waals surface area contributed by atoms with Crippen LogP contribution in [0.2, 0.25) is 0 Å². The molecule has 0 saturated heterocycles. The molecule has 188 valence electrons. The molecule has 10 heteroatoms. The summed E-state index contributed by atoms with van der Waals surface area (Å²) in [6, 6.07) is 16.3. The molecule has 1 amide bonds. The minimum Gasteiger partial charge on any atom is -0.496 e. The zero-order valence-corrected chi connectivity index (χ0v) is 20.7. The molecule has 0 bridgehead atoms. The molecule has 1 N–H and O–H groups in total. The number of benzene rings is 2. The first-order valence-electron chi connectivity index (χ1n) is 11.5. The number of nitrogens with zero attached hydrogens (tertiary/aromatic N) is 1. The van der Waals surface area contributed by atoms with Crippen LogP contribution in [0.1, 0.15) is 35.6 Å². The van der Waals surface area contributed by atoms with Gasteiger partial charge in [0.15, 0.2) is 11.5 Å². The highest BCUT2D eigenvalue weighted by molar-refractivity contribution is 7.86. The van der Waals surface area contributed by atoms with Crippen LogP contribution in [0.25, 0.3) is 0 Å². The molecule has 1 unspecified atom stereocenters. The summed E-state index contributed by atoms with van der Waals surface area (Å²) in [4.78, 5) is 17.5. The van der Waals surface area contributed by atoms with Gasteiger partial charge < -0.3 is 19.5 Å². The monoisotopic (exact) mass is 510 g/mol. The van der Waals surface area contributed by atoms with E-state index in [4.69, 9.17) is 18.4 Å². The maximum atomic E-state index is 13.2. The SMILES string of the molecule is COc1ccccc1CC(OS(C)(=O)=O)c1ccc(NC(=O)C2(c3ccc4c(c3)OCO4)CC2)nc1. The quantitative estimate of drug-likeness (QED) is 0.433. The van der Waals surface area contributed by atoms with Gasteiger partial charge in [-0.15, -0.1) is 0 Å². The van der Waals surface area contributed by atoms with E-state index < -0.39 is 21.6 Å². The van der Waals surface area contributed by atoms with Gasteiger partial charge in [0.1, 0.15) is 17.7 Å². The summed E-state index contributed by atoms with van der Waals surface area (Å²) in [5.41, 5.74) is 1.60. The van der Waals surface area contributed by atoms with Crippen molar-refractivity contribution in [3.05, 3.63) is 77.5 Å². The largest absolute Gasteiger partial charge is 0.496 e. The Balaban J connectivity index is 1.33. The summed E-state index contributed by atoms with van der Waals surface area (Å²) in [5, 5.41) is 2.89. The van der Waals surface area contributed by atoms with Crippen molar-refractivity contribution in [3.63, 3.8) is 0 Å². The number of anilines is 1. The second kappa shape index (κ2) is 9.44. The molecule has 2 heterocycles. The molecular formula is C26H26N2O7S. The van der Waals surface area contributed by atoms with Crippen molar-refractivity contribution in [1.29, 1.82) is 0 Å². The van der Waals surface area contributed by atoms with Gasteiger partial charge >= 0.3 is 0 Å². The highest BCUT2D eigenvalue weighted by atomic mass is 32.2. The number of para-hydroxylation sites is 1. The summed E-state index contributed by atoms with van der Waals surface area (Å²) >= 11 is 0. The fourth-order valence-corrected chi connectivity index (χ4v) is 4.96. The van der Waals surface area contributed by atoms with E-state index in [9.17, 15) is 13.2 Å². The van der Waals surface area contributed by atoms with Crippen LogP contribution in [0.3, 0.4) is 0 Å². The van der Waals surface area contributed by atoms with Gasteiger partial charge in [-0.2, -0.15) is 8.42 Å². The van der Waals surface area contributed by atoms with Crippen LogP contribution >= 0.6 is 0 Å². The Kier molecular flexibility index (Phi) is 6.31. The molecule has 0 radical (unpaired) electrons. The number of pyridine rings is 1. The van der Waals surface area contributed by atoms with Crippen molar-refractivity contribution in [2.45, 2.75) is 30.8 Å². The van der Waals surface area contributed by atoms with Crippen LogP contribution in [0.15, 0.2) is 60.8 Å². The molecule has 2 aromatic carbocycles. The number of carbonyl (C=O) groups is 1. The molecule has 3 aromatic rings. The highest BCUT2D eigenvalue weighted by Gasteiger charge is 2.51. The lowest BCUT2D eigenvalue weighted by atomic mass is 9.94. The Bertz CT molecular complexity index is 1390. The number of ether oxygens (including phenoxy) is 3. The first kappa shape index (κ1) is 24.1. The fraction of sp³-hybridized carbons (Fsp3) is 0.308. The van der Waals surface area contributed by atoms with E-state index in [1.807, 2.05) is 36.4 Å². The molecule has 0 spiro atoms. The number of hydrogen-bond donors (Lipinski definition) is 1. The van der Waals surface area contributed by atoms with E-state index in [1.54, 1.807) is 25.3 Å². The molecule has 1 saturated carbocycles. The van der Waals surface area contributed by atoms with Crippen LogP contribution in [-0.4, -0.2) is 39.5 Å². The summed E-state index contributed by atoms with van der Waals surface area (Å²) < 4.78 is 45.5. The number of hydrogen-bond acceptors (Lipinski definition) is 8. The van der Waals surface area contributed by atoms with E-state index >= 15 is 0 Å². The minimum absolute atomic E-state index is 0.153. The third-order valence-electron chi connectivity index (χ3n) is 6.40. The number of fused-ring (bicyclic) bond motifs is 1. The van der Waals surface area contributed by atoms with E-state index in [-0.39, 0.29) is 19.1 Å². The van der Waals surface area contributed by atoms with Crippen molar-refractivity contribution >= 4 is 21.8 Å². The first-order chi connectivity index (χ1) is 17.3. The van der Waals surface area contributed by atoms with Gasteiger partial charge in [0.05, 0.1) is 18.8 Å². The van der Waals surface area contributed by atoms with Gasteiger partial charge in [-0.3, -0.25) is 8.98 Å². The highest BCUT2D eigenvalue weighted by Crippen LogP contribution is 2.51. The summed E-state index contributed by atoms with van der Waals surface area (Å²) in [5.74, 6) is 2.16. The van der Waals surface area contributed by atoms with Crippen LogP contribution in [0.5, 0.6) is 17.2 Å². The van der Waals surface area contributed by atoms with Crippen LogP contribution < -0.4 is 19.5 Å². The van der Waals surface area contributed by atoms with Gasteiger partial charge in [-0.05, 0) is 48.2 Å². The van der Waals surface area contributed by atoms with E-state index in [1.165, 1.54) is 6.20 Å². The smallest absolute Gasteiger partial charge is 0.264 e. The normalized spacial score (nSPS) is 16.3. The Morgan fingerprint density at radius 3 is 2.58 bits per heavy atom. The van der Waals surface area contributed by atoms with Crippen molar-refractivity contribution in [3.8, 4) is 17.2 Å². The Morgan fingerprint density at radius 1 is 1.11 bits per heavy atom. The lowest BCUT2D eigenvalue weighted by molar-refractivity contribution is -0.118. The summed E-state index contributed by atoms with van der Waals surface area (Å²) in [6.45, 7) is 0.176. The molecule has 1 aromatic heterocycles. The van der Waals surface area contributed by atoms with Gasteiger partial charge in [0, 0.05) is 18.2 Å². The maximum Gasteiger partial charge on any atom is 0.264 e. The van der Waals surface area contributed by atoms with Crippen LogP contribution in [0, 0.1) is 0 Å². The minimum atomic E-state index is -3.74. The Labute approximate surface area is 209 Å². The zero-order valence-electron chi connectivity index (χ0n) is 19.9. The van der Waals surface area contributed by atoms with Gasteiger partial charge in [0.25, 0.3) is 10.1 Å². The van der Waals surface area contributed by atoms with Crippen molar-refractivity contribution in [1.82, 2.24) is 4.98 Å². The number of rotatable bonds is 9. The zero-order chi connectivity index (χ0) is 25.3. The fourth-order valence-electron chi connectivity index (χ4n) is 4.36. The number of carbonyl (C=O) groups excluding carboxylic acids is 1. The number of nitrogens with one attached hydrogen (secondary N) is 1.